The van der Waals surface area contributed by atoms with Crippen LogP contribution in [-0.4, -0.2) is 37.4 Å². The van der Waals surface area contributed by atoms with Crippen molar-refractivity contribution in [2.24, 2.45) is 0 Å². The van der Waals surface area contributed by atoms with Crippen molar-refractivity contribution in [2.75, 3.05) is 18.9 Å². The fraction of sp³-hybridized carbons (Fsp3) is 0.263. The van der Waals surface area contributed by atoms with E-state index in [1.54, 1.807) is 36.4 Å². The molecule has 1 amide bonds. The summed E-state index contributed by atoms with van der Waals surface area (Å²) < 4.78 is 33.3. The maximum Gasteiger partial charge on any atom is 0.387 e. The number of carbonyl (C=O) groups excluding carboxylic acids is 2. The predicted octanol–water partition coefficient (Wildman–Crippen LogP) is 3.94. The topological polar surface area (TPSA) is 64.6 Å². The smallest absolute Gasteiger partial charge is 0.387 e. The Morgan fingerprint density at radius 2 is 1.75 bits per heavy atom. The second-order valence-corrected chi connectivity index (χ2v) is 7.01. The summed E-state index contributed by atoms with van der Waals surface area (Å²) in [5.41, 5.74) is 0.846. The van der Waals surface area contributed by atoms with Crippen molar-refractivity contribution in [1.82, 2.24) is 5.32 Å². The summed E-state index contributed by atoms with van der Waals surface area (Å²) in [6, 6.07) is 13.2. The second-order valence-electron chi connectivity index (χ2n) is 5.53. The van der Waals surface area contributed by atoms with E-state index >= 15 is 0 Å². The molecule has 0 unspecified atom stereocenters. The van der Waals surface area contributed by atoms with Crippen LogP contribution in [0.15, 0.2) is 53.4 Å². The molecule has 0 aliphatic rings. The van der Waals surface area contributed by atoms with Crippen LogP contribution in [-0.2, 0) is 20.7 Å². The first-order chi connectivity index (χ1) is 13.4. The molecule has 0 aliphatic carbocycles. The third kappa shape index (κ3) is 8.58. The van der Waals surface area contributed by atoms with Crippen LogP contribution in [0.3, 0.4) is 0 Å². The first-order valence-corrected chi connectivity index (χ1v) is 9.63. The van der Waals surface area contributed by atoms with Gasteiger partial charge >= 0.3 is 12.6 Å². The van der Waals surface area contributed by atoms with Gasteiger partial charge in [0.05, 0.1) is 5.75 Å². The number of ether oxygens (including phenoxy) is 2. The first-order valence-electron chi connectivity index (χ1n) is 8.27. The number of thioether (sulfide) groups is 1. The average Bonchev–Trinajstić information content (AvgIpc) is 2.67. The standard InChI is InChI=1S/C19H18ClF2NO4S/c20-14-3-7-16(8-4-14)28-12-18(25)26-11-17(24)23-10-9-13-1-5-15(6-2-13)27-19(21)22/h1-8,19H,9-12H2,(H,23,24). The van der Waals surface area contributed by atoms with Crippen molar-refractivity contribution in [3.8, 4) is 5.75 Å². The highest BCUT2D eigenvalue weighted by molar-refractivity contribution is 8.00. The van der Waals surface area contributed by atoms with E-state index < -0.39 is 18.5 Å². The van der Waals surface area contributed by atoms with Crippen LogP contribution in [0, 0.1) is 0 Å². The van der Waals surface area contributed by atoms with E-state index in [9.17, 15) is 18.4 Å². The molecule has 2 rings (SSSR count). The highest BCUT2D eigenvalue weighted by Crippen LogP contribution is 2.20. The van der Waals surface area contributed by atoms with Gasteiger partial charge in [0.2, 0.25) is 0 Å². The molecule has 0 aromatic heterocycles. The monoisotopic (exact) mass is 429 g/mol. The normalized spacial score (nSPS) is 10.6. The minimum Gasteiger partial charge on any atom is -0.455 e. The van der Waals surface area contributed by atoms with E-state index in [0.717, 1.165) is 10.5 Å². The van der Waals surface area contributed by atoms with Crippen LogP contribution in [0.4, 0.5) is 8.78 Å². The molecule has 0 atom stereocenters. The van der Waals surface area contributed by atoms with Crippen molar-refractivity contribution in [2.45, 2.75) is 17.9 Å². The number of benzene rings is 2. The van der Waals surface area contributed by atoms with Gasteiger partial charge in [0, 0.05) is 16.5 Å². The van der Waals surface area contributed by atoms with Gasteiger partial charge in [-0.3, -0.25) is 9.59 Å². The Balaban J connectivity index is 1.60. The zero-order chi connectivity index (χ0) is 20.4. The average molecular weight is 430 g/mol. The molecule has 2 aromatic rings. The van der Waals surface area contributed by atoms with Crippen molar-refractivity contribution in [1.29, 1.82) is 0 Å². The Bertz CT molecular complexity index is 773. The van der Waals surface area contributed by atoms with Gasteiger partial charge < -0.3 is 14.8 Å². The van der Waals surface area contributed by atoms with E-state index in [0.29, 0.717) is 18.0 Å². The Hall–Kier alpha value is -2.32. The van der Waals surface area contributed by atoms with E-state index in [2.05, 4.69) is 10.1 Å². The molecule has 0 saturated heterocycles. The van der Waals surface area contributed by atoms with E-state index in [1.807, 2.05) is 0 Å². The molecule has 0 saturated carbocycles. The molecular weight excluding hydrogens is 412 g/mol. The quantitative estimate of drug-likeness (QED) is 0.458. The lowest BCUT2D eigenvalue weighted by Gasteiger charge is -2.08. The molecule has 0 bridgehead atoms. The van der Waals surface area contributed by atoms with Crippen molar-refractivity contribution in [3.63, 3.8) is 0 Å². The van der Waals surface area contributed by atoms with Gasteiger partial charge in [-0.2, -0.15) is 8.78 Å². The molecule has 0 spiro atoms. The molecule has 150 valence electrons. The summed E-state index contributed by atoms with van der Waals surface area (Å²) in [5, 5.41) is 3.24. The van der Waals surface area contributed by atoms with Crippen LogP contribution in [0.1, 0.15) is 5.56 Å². The van der Waals surface area contributed by atoms with Crippen LogP contribution < -0.4 is 10.1 Å². The van der Waals surface area contributed by atoms with Crippen molar-refractivity contribution in [3.05, 3.63) is 59.1 Å². The summed E-state index contributed by atoms with van der Waals surface area (Å²) in [4.78, 5) is 24.3. The zero-order valence-electron chi connectivity index (χ0n) is 14.7. The number of carbonyl (C=O) groups is 2. The summed E-state index contributed by atoms with van der Waals surface area (Å²) in [6.07, 6.45) is 0.501. The highest BCUT2D eigenvalue weighted by Gasteiger charge is 2.08. The third-order valence-corrected chi connectivity index (χ3v) is 4.66. The van der Waals surface area contributed by atoms with Crippen LogP contribution >= 0.6 is 23.4 Å². The van der Waals surface area contributed by atoms with Gasteiger partial charge in [-0.05, 0) is 48.4 Å². The minimum atomic E-state index is -2.86. The number of amides is 1. The Kier molecular flexibility index (Phi) is 9.03. The summed E-state index contributed by atoms with van der Waals surface area (Å²) in [7, 11) is 0. The largest absolute Gasteiger partial charge is 0.455 e. The lowest BCUT2D eigenvalue weighted by atomic mass is 10.1. The molecule has 2 aromatic carbocycles. The van der Waals surface area contributed by atoms with Crippen LogP contribution in [0.25, 0.3) is 0 Å². The molecule has 1 N–H and O–H groups in total. The Labute approximate surface area is 170 Å². The summed E-state index contributed by atoms with van der Waals surface area (Å²) in [6.45, 7) is -2.90. The summed E-state index contributed by atoms with van der Waals surface area (Å²) in [5.74, 6) is -0.750. The minimum absolute atomic E-state index is 0.0752. The van der Waals surface area contributed by atoms with Crippen molar-refractivity contribution >= 4 is 35.2 Å². The molecule has 0 aliphatic heterocycles. The molecule has 5 nitrogen and oxygen atoms in total. The van der Waals surface area contributed by atoms with Gasteiger partial charge in [0.25, 0.3) is 5.91 Å². The lowest BCUT2D eigenvalue weighted by Crippen LogP contribution is -2.30. The Morgan fingerprint density at radius 1 is 1.07 bits per heavy atom. The highest BCUT2D eigenvalue weighted by atomic mass is 35.5. The van der Waals surface area contributed by atoms with Gasteiger partial charge in [-0.1, -0.05) is 23.7 Å². The van der Waals surface area contributed by atoms with Crippen molar-refractivity contribution < 1.29 is 27.8 Å². The molecule has 9 heteroatoms. The van der Waals surface area contributed by atoms with E-state index in [1.165, 1.54) is 23.9 Å². The lowest BCUT2D eigenvalue weighted by molar-refractivity contribution is -0.145. The first kappa shape index (κ1) is 22.0. The molecule has 28 heavy (non-hydrogen) atoms. The summed E-state index contributed by atoms with van der Waals surface area (Å²) >= 11 is 7.07. The maximum absolute atomic E-state index is 12.1. The number of rotatable bonds is 10. The predicted molar refractivity (Wildman–Crippen MR) is 103 cm³/mol. The van der Waals surface area contributed by atoms with Gasteiger partial charge in [-0.15, -0.1) is 11.8 Å². The zero-order valence-corrected chi connectivity index (χ0v) is 16.3. The molecule has 0 fully saturated rings. The number of halogens is 3. The molecule has 0 heterocycles. The van der Waals surface area contributed by atoms with Crippen LogP contribution in [0.5, 0.6) is 5.75 Å². The number of alkyl halides is 2. The number of esters is 1. The fourth-order valence-corrected chi connectivity index (χ4v) is 2.92. The van der Waals surface area contributed by atoms with Crippen LogP contribution in [0.2, 0.25) is 5.02 Å². The fourth-order valence-electron chi connectivity index (χ4n) is 2.10. The molecular formula is C19H18ClF2NO4S. The number of nitrogens with one attached hydrogen (secondary N) is 1. The Morgan fingerprint density at radius 3 is 2.39 bits per heavy atom. The van der Waals surface area contributed by atoms with E-state index in [-0.39, 0.29) is 18.1 Å². The second kappa shape index (κ2) is 11.5. The van der Waals surface area contributed by atoms with Gasteiger partial charge in [-0.25, -0.2) is 0 Å². The maximum atomic E-state index is 12.1. The number of hydrogen-bond donors (Lipinski definition) is 1. The molecule has 0 radical (unpaired) electrons. The SMILES string of the molecule is O=C(COC(=O)CSc1ccc(Cl)cc1)NCCc1ccc(OC(F)F)cc1. The van der Waals surface area contributed by atoms with Gasteiger partial charge in [0.1, 0.15) is 5.75 Å². The number of hydrogen-bond acceptors (Lipinski definition) is 5. The third-order valence-electron chi connectivity index (χ3n) is 3.42. The van der Waals surface area contributed by atoms with E-state index in [4.69, 9.17) is 16.3 Å². The van der Waals surface area contributed by atoms with Gasteiger partial charge in [0.15, 0.2) is 6.61 Å².